The van der Waals surface area contributed by atoms with Crippen LogP contribution >= 0.6 is 0 Å². The number of nitrogens with two attached hydrogens (primary N) is 1. The van der Waals surface area contributed by atoms with E-state index in [4.69, 9.17) is 10.8 Å². The van der Waals surface area contributed by atoms with Gasteiger partial charge in [-0.3, -0.25) is 0 Å². The van der Waals surface area contributed by atoms with Crippen LogP contribution < -0.4 is 16.4 Å². The van der Waals surface area contributed by atoms with Gasteiger partial charge in [-0.25, -0.2) is 9.59 Å². The van der Waals surface area contributed by atoms with Gasteiger partial charge in [0, 0.05) is 12.1 Å². The lowest BCUT2D eigenvalue weighted by atomic mass is 9.91. The van der Waals surface area contributed by atoms with E-state index in [1.807, 2.05) is 0 Å². The Hall–Kier alpha value is -1.34. The van der Waals surface area contributed by atoms with E-state index in [1.54, 1.807) is 0 Å². The van der Waals surface area contributed by atoms with E-state index in [0.717, 1.165) is 32.6 Å². The number of carbonyl (C=O) groups is 2. The Morgan fingerprint density at radius 1 is 1.39 bits per heavy atom. The van der Waals surface area contributed by atoms with E-state index in [-0.39, 0.29) is 18.6 Å². The van der Waals surface area contributed by atoms with Gasteiger partial charge in [-0.2, -0.15) is 0 Å². The van der Waals surface area contributed by atoms with Gasteiger partial charge < -0.3 is 26.6 Å². The molecule has 0 aromatic carbocycles. The second kappa shape index (κ2) is 6.01. The van der Waals surface area contributed by atoms with Crippen LogP contribution in [0.5, 0.6) is 0 Å². The van der Waals surface area contributed by atoms with Crippen molar-refractivity contribution in [1.82, 2.24) is 10.6 Å². The summed E-state index contributed by atoms with van der Waals surface area (Å²) < 4.78 is 0. The molecular weight excluding hydrogens is 238 g/mol. The van der Waals surface area contributed by atoms with Crippen LogP contribution in [0.15, 0.2) is 0 Å². The first-order valence-electron chi connectivity index (χ1n) is 6.08. The quantitative estimate of drug-likeness (QED) is 0.460. The lowest BCUT2D eigenvalue weighted by Gasteiger charge is -2.29. The number of carbonyl (C=O) groups excluding carboxylic acids is 1. The SMILES string of the molecule is CC(O)(CNC(=O)NC1CCCCC1N)C(=O)O. The summed E-state index contributed by atoms with van der Waals surface area (Å²) in [4.78, 5) is 22.2. The predicted octanol–water partition coefficient (Wildman–Crippen LogP) is -0.609. The standard InChI is InChI=1S/C11H21N3O4/c1-11(18,9(15)16)6-13-10(17)14-8-5-3-2-4-7(8)12/h7-8,18H,2-6,12H2,1H3,(H,15,16)(H2,13,14,17). The largest absolute Gasteiger partial charge is 0.479 e. The van der Waals surface area contributed by atoms with Crippen LogP contribution in [-0.4, -0.2) is 46.4 Å². The minimum absolute atomic E-state index is 0.0653. The first-order chi connectivity index (χ1) is 8.33. The average molecular weight is 259 g/mol. The number of carboxylic acid groups (broad SMARTS) is 1. The van der Waals surface area contributed by atoms with Crippen LogP contribution in [0.3, 0.4) is 0 Å². The Labute approximate surface area is 106 Å². The predicted molar refractivity (Wildman–Crippen MR) is 65.0 cm³/mol. The molecule has 1 aliphatic carbocycles. The molecule has 3 atom stereocenters. The molecule has 0 heterocycles. The summed E-state index contributed by atoms with van der Waals surface area (Å²) in [5.41, 5.74) is 3.91. The molecule has 7 nitrogen and oxygen atoms in total. The number of hydrogen-bond acceptors (Lipinski definition) is 4. The first-order valence-corrected chi connectivity index (χ1v) is 6.08. The highest BCUT2D eigenvalue weighted by Crippen LogP contribution is 2.16. The maximum atomic E-state index is 11.5. The maximum absolute atomic E-state index is 11.5. The van der Waals surface area contributed by atoms with Crippen molar-refractivity contribution in [2.75, 3.05) is 6.54 Å². The molecule has 6 N–H and O–H groups in total. The normalized spacial score (nSPS) is 27.1. The summed E-state index contributed by atoms with van der Waals surface area (Å²) in [5.74, 6) is -1.38. The molecule has 0 bridgehead atoms. The second-order valence-corrected chi connectivity index (χ2v) is 4.96. The fourth-order valence-corrected chi connectivity index (χ4v) is 1.89. The molecular formula is C11H21N3O4. The number of aliphatic hydroxyl groups is 1. The van der Waals surface area contributed by atoms with Gasteiger partial charge in [0.25, 0.3) is 0 Å². The number of nitrogens with one attached hydrogen (secondary N) is 2. The highest BCUT2D eigenvalue weighted by molar-refractivity contribution is 5.79. The highest BCUT2D eigenvalue weighted by Gasteiger charge is 2.31. The molecule has 2 amide bonds. The topological polar surface area (TPSA) is 125 Å². The minimum atomic E-state index is -1.97. The van der Waals surface area contributed by atoms with Gasteiger partial charge >= 0.3 is 12.0 Å². The van der Waals surface area contributed by atoms with Crippen molar-refractivity contribution in [3.8, 4) is 0 Å². The number of amides is 2. The number of carboxylic acids is 1. The average Bonchev–Trinajstić information content (AvgIpc) is 2.29. The molecule has 0 radical (unpaired) electrons. The summed E-state index contributed by atoms with van der Waals surface area (Å²) in [6, 6.07) is -0.656. The Bertz CT molecular complexity index is 319. The van der Waals surface area contributed by atoms with E-state index in [1.165, 1.54) is 0 Å². The summed E-state index contributed by atoms with van der Waals surface area (Å²) in [6.45, 7) is 0.776. The molecule has 0 saturated heterocycles. The third-order valence-electron chi connectivity index (χ3n) is 3.19. The Morgan fingerprint density at radius 2 is 2.00 bits per heavy atom. The molecule has 1 aliphatic rings. The Balaban J connectivity index is 2.35. The summed E-state index contributed by atoms with van der Waals surface area (Å²) in [5, 5.41) is 23.1. The molecule has 1 fully saturated rings. The maximum Gasteiger partial charge on any atom is 0.337 e. The molecule has 3 unspecified atom stereocenters. The van der Waals surface area contributed by atoms with E-state index < -0.39 is 17.6 Å². The van der Waals surface area contributed by atoms with Gasteiger partial charge in [-0.05, 0) is 19.8 Å². The lowest BCUT2D eigenvalue weighted by Crippen LogP contribution is -2.55. The van der Waals surface area contributed by atoms with Crippen LogP contribution in [-0.2, 0) is 4.79 Å². The zero-order valence-corrected chi connectivity index (χ0v) is 10.5. The van der Waals surface area contributed by atoms with Gasteiger partial charge in [0.05, 0.1) is 6.54 Å². The van der Waals surface area contributed by atoms with Crippen LogP contribution in [0.1, 0.15) is 32.6 Å². The zero-order valence-electron chi connectivity index (χ0n) is 10.5. The van der Waals surface area contributed by atoms with Crippen LogP contribution in [0.4, 0.5) is 4.79 Å². The monoisotopic (exact) mass is 259 g/mol. The highest BCUT2D eigenvalue weighted by atomic mass is 16.4. The zero-order chi connectivity index (χ0) is 13.8. The van der Waals surface area contributed by atoms with Gasteiger partial charge in [-0.1, -0.05) is 12.8 Å². The lowest BCUT2D eigenvalue weighted by molar-refractivity contribution is -0.155. The first kappa shape index (κ1) is 14.7. The third kappa shape index (κ3) is 4.15. The molecule has 0 aliphatic heterocycles. The number of aliphatic carboxylic acids is 1. The summed E-state index contributed by atoms with van der Waals surface area (Å²) in [7, 11) is 0. The Kier molecular flexibility index (Phi) is 4.92. The van der Waals surface area contributed by atoms with Crippen LogP contribution in [0.25, 0.3) is 0 Å². The summed E-state index contributed by atoms with van der Waals surface area (Å²) >= 11 is 0. The van der Waals surface area contributed by atoms with Crippen molar-refractivity contribution in [2.24, 2.45) is 5.73 Å². The van der Waals surface area contributed by atoms with Crippen LogP contribution in [0, 0.1) is 0 Å². The Morgan fingerprint density at radius 3 is 2.56 bits per heavy atom. The second-order valence-electron chi connectivity index (χ2n) is 4.96. The van der Waals surface area contributed by atoms with Gasteiger partial charge in [0.2, 0.25) is 0 Å². The minimum Gasteiger partial charge on any atom is -0.479 e. The number of urea groups is 1. The number of rotatable bonds is 4. The van der Waals surface area contributed by atoms with Crippen molar-refractivity contribution in [3.05, 3.63) is 0 Å². The summed E-state index contributed by atoms with van der Waals surface area (Å²) in [6.07, 6.45) is 3.78. The van der Waals surface area contributed by atoms with Crippen molar-refractivity contribution in [1.29, 1.82) is 0 Å². The fourth-order valence-electron chi connectivity index (χ4n) is 1.89. The number of hydrogen-bond donors (Lipinski definition) is 5. The molecule has 1 rings (SSSR count). The van der Waals surface area contributed by atoms with Crippen molar-refractivity contribution in [3.63, 3.8) is 0 Å². The third-order valence-corrected chi connectivity index (χ3v) is 3.19. The van der Waals surface area contributed by atoms with Crippen molar-refractivity contribution in [2.45, 2.75) is 50.3 Å². The molecule has 0 spiro atoms. The van der Waals surface area contributed by atoms with E-state index in [9.17, 15) is 14.7 Å². The van der Waals surface area contributed by atoms with E-state index in [2.05, 4.69) is 10.6 Å². The molecule has 1 saturated carbocycles. The van der Waals surface area contributed by atoms with Crippen molar-refractivity contribution < 1.29 is 19.8 Å². The van der Waals surface area contributed by atoms with Crippen molar-refractivity contribution >= 4 is 12.0 Å². The smallest absolute Gasteiger partial charge is 0.337 e. The van der Waals surface area contributed by atoms with E-state index >= 15 is 0 Å². The van der Waals surface area contributed by atoms with E-state index in [0.29, 0.717) is 0 Å². The molecule has 0 aromatic heterocycles. The van der Waals surface area contributed by atoms with Crippen LogP contribution in [0.2, 0.25) is 0 Å². The molecule has 7 heteroatoms. The molecule has 104 valence electrons. The van der Waals surface area contributed by atoms with Gasteiger partial charge in [0.15, 0.2) is 5.60 Å². The van der Waals surface area contributed by atoms with Gasteiger partial charge in [-0.15, -0.1) is 0 Å². The molecule has 18 heavy (non-hydrogen) atoms. The molecule has 0 aromatic rings. The van der Waals surface area contributed by atoms with Gasteiger partial charge in [0.1, 0.15) is 0 Å². The fraction of sp³-hybridized carbons (Fsp3) is 0.818.